The van der Waals surface area contributed by atoms with Crippen molar-refractivity contribution in [2.75, 3.05) is 0 Å². The Labute approximate surface area is 115 Å². The molecule has 0 bridgehead atoms. The molecule has 0 aliphatic heterocycles. The van der Waals surface area contributed by atoms with E-state index in [2.05, 4.69) is 9.97 Å². The van der Waals surface area contributed by atoms with Crippen molar-refractivity contribution in [3.8, 4) is 5.75 Å². The molecule has 0 spiro atoms. The highest BCUT2D eigenvalue weighted by Crippen LogP contribution is 2.20. The lowest BCUT2D eigenvalue weighted by molar-refractivity contribution is 0.474. The quantitative estimate of drug-likeness (QED) is 0.748. The minimum Gasteiger partial charge on any atom is -0.507 e. The molecule has 20 heavy (non-hydrogen) atoms. The third-order valence-corrected chi connectivity index (χ3v) is 3.02. The van der Waals surface area contributed by atoms with Crippen molar-refractivity contribution in [1.82, 2.24) is 9.97 Å². The SMILES string of the molecule is O=c1nc(C=Cc2ccccc2O)c2ccccc2[nH]1. The van der Waals surface area contributed by atoms with E-state index in [4.69, 9.17) is 0 Å². The van der Waals surface area contributed by atoms with Crippen LogP contribution in [0, 0.1) is 0 Å². The summed E-state index contributed by atoms with van der Waals surface area (Å²) in [6.07, 6.45) is 3.47. The minimum atomic E-state index is -0.388. The lowest BCUT2D eigenvalue weighted by atomic mass is 10.1. The van der Waals surface area contributed by atoms with Gasteiger partial charge in [-0.25, -0.2) is 4.79 Å². The number of para-hydroxylation sites is 2. The molecule has 98 valence electrons. The lowest BCUT2D eigenvalue weighted by Gasteiger charge is -2.01. The smallest absolute Gasteiger partial charge is 0.345 e. The van der Waals surface area contributed by atoms with Gasteiger partial charge in [-0.2, -0.15) is 4.98 Å². The molecule has 0 aliphatic rings. The summed E-state index contributed by atoms with van der Waals surface area (Å²) in [5.41, 5.74) is 1.61. The third kappa shape index (κ3) is 2.31. The van der Waals surface area contributed by atoms with Gasteiger partial charge < -0.3 is 10.1 Å². The fourth-order valence-corrected chi connectivity index (χ4v) is 2.05. The van der Waals surface area contributed by atoms with Crippen molar-refractivity contribution < 1.29 is 5.11 Å². The van der Waals surface area contributed by atoms with Crippen LogP contribution in [0.3, 0.4) is 0 Å². The van der Waals surface area contributed by atoms with Gasteiger partial charge in [0.15, 0.2) is 0 Å². The molecule has 0 amide bonds. The number of hydrogen-bond acceptors (Lipinski definition) is 3. The summed E-state index contributed by atoms with van der Waals surface area (Å²) in [7, 11) is 0. The molecular weight excluding hydrogens is 252 g/mol. The number of H-pyrrole nitrogens is 1. The van der Waals surface area contributed by atoms with Crippen molar-refractivity contribution in [3.63, 3.8) is 0 Å². The molecule has 3 aromatic rings. The Morgan fingerprint density at radius 2 is 1.75 bits per heavy atom. The van der Waals surface area contributed by atoms with Gasteiger partial charge in [0.1, 0.15) is 5.75 Å². The van der Waals surface area contributed by atoms with Gasteiger partial charge >= 0.3 is 5.69 Å². The highest BCUT2D eigenvalue weighted by atomic mass is 16.3. The van der Waals surface area contributed by atoms with Crippen LogP contribution in [-0.4, -0.2) is 15.1 Å². The maximum absolute atomic E-state index is 11.5. The van der Waals surface area contributed by atoms with Crippen LogP contribution in [0.4, 0.5) is 0 Å². The number of hydrogen-bond donors (Lipinski definition) is 2. The molecule has 2 N–H and O–H groups in total. The molecule has 1 aromatic heterocycles. The lowest BCUT2D eigenvalue weighted by Crippen LogP contribution is -2.11. The number of benzene rings is 2. The standard InChI is InChI=1S/C16H12N2O2/c19-15-8-4-1-5-11(15)9-10-14-12-6-2-3-7-13(12)17-16(20)18-14/h1-10,19H,(H,17,18,20). The molecule has 3 rings (SSSR count). The number of aromatic nitrogens is 2. The molecule has 2 aromatic carbocycles. The molecule has 4 nitrogen and oxygen atoms in total. The van der Waals surface area contributed by atoms with Gasteiger partial charge in [0.05, 0.1) is 11.2 Å². The highest BCUT2D eigenvalue weighted by Gasteiger charge is 2.02. The van der Waals surface area contributed by atoms with Crippen molar-refractivity contribution in [2.24, 2.45) is 0 Å². The molecule has 0 atom stereocenters. The molecule has 0 fully saturated rings. The van der Waals surface area contributed by atoms with Gasteiger partial charge in [0.2, 0.25) is 0 Å². The van der Waals surface area contributed by atoms with Crippen LogP contribution in [0.25, 0.3) is 23.1 Å². The predicted octanol–water partition coefficient (Wildman–Crippen LogP) is 2.80. The molecule has 0 aliphatic carbocycles. The first-order valence-electron chi connectivity index (χ1n) is 6.19. The van der Waals surface area contributed by atoms with Gasteiger partial charge in [-0.1, -0.05) is 36.4 Å². The Bertz CT molecular complexity index is 850. The Morgan fingerprint density at radius 1 is 1.00 bits per heavy atom. The molecule has 0 saturated carbocycles. The van der Waals surface area contributed by atoms with Crippen molar-refractivity contribution >= 4 is 23.1 Å². The van der Waals surface area contributed by atoms with Crippen LogP contribution in [-0.2, 0) is 0 Å². The maximum Gasteiger partial charge on any atom is 0.345 e. The van der Waals surface area contributed by atoms with Gasteiger partial charge in [-0.05, 0) is 24.3 Å². The van der Waals surface area contributed by atoms with E-state index in [1.807, 2.05) is 30.3 Å². The summed E-state index contributed by atoms with van der Waals surface area (Å²) >= 11 is 0. The second kappa shape index (κ2) is 5.01. The topological polar surface area (TPSA) is 66.0 Å². The van der Waals surface area contributed by atoms with Crippen LogP contribution >= 0.6 is 0 Å². The number of phenolic OH excluding ortho intramolecular Hbond substituents is 1. The maximum atomic E-state index is 11.5. The zero-order chi connectivity index (χ0) is 13.9. The first-order chi connectivity index (χ1) is 9.74. The van der Waals surface area contributed by atoms with E-state index in [0.717, 1.165) is 10.9 Å². The van der Waals surface area contributed by atoms with Crippen LogP contribution in [0.5, 0.6) is 5.75 Å². The number of nitrogens with one attached hydrogen (secondary N) is 1. The molecular formula is C16H12N2O2. The second-order valence-corrected chi connectivity index (χ2v) is 4.36. The first kappa shape index (κ1) is 12.2. The minimum absolute atomic E-state index is 0.192. The van der Waals surface area contributed by atoms with Crippen LogP contribution in [0.2, 0.25) is 0 Å². The second-order valence-electron chi connectivity index (χ2n) is 4.36. The molecule has 4 heteroatoms. The molecule has 1 heterocycles. The first-order valence-corrected chi connectivity index (χ1v) is 6.19. The Kier molecular flexibility index (Phi) is 3.05. The van der Waals surface area contributed by atoms with Crippen LogP contribution < -0.4 is 5.69 Å². The predicted molar refractivity (Wildman–Crippen MR) is 79.4 cm³/mol. The Hall–Kier alpha value is -2.88. The number of aromatic hydroxyl groups is 1. The van der Waals surface area contributed by atoms with Gasteiger partial charge in [-0.15, -0.1) is 0 Å². The van der Waals surface area contributed by atoms with E-state index in [9.17, 15) is 9.90 Å². The zero-order valence-electron chi connectivity index (χ0n) is 10.6. The number of phenols is 1. The summed E-state index contributed by atoms with van der Waals surface area (Å²) < 4.78 is 0. The monoisotopic (exact) mass is 264 g/mol. The largest absolute Gasteiger partial charge is 0.507 e. The molecule has 0 saturated heterocycles. The number of nitrogens with zero attached hydrogens (tertiary/aromatic N) is 1. The molecule has 0 unspecified atom stereocenters. The average molecular weight is 264 g/mol. The van der Waals surface area contributed by atoms with Crippen molar-refractivity contribution in [1.29, 1.82) is 0 Å². The van der Waals surface area contributed by atoms with E-state index >= 15 is 0 Å². The van der Waals surface area contributed by atoms with Gasteiger partial charge in [-0.3, -0.25) is 0 Å². The van der Waals surface area contributed by atoms with E-state index in [-0.39, 0.29) is 11.4 Å². The fraction of sp³-hybridized carbons (Fsp3) is 0. The fourth-order valence-electron chi connectivity index (χ4n) is 2.05. The summed E-state index contributed by atoms with van der Waals surface area (Å²) in [6, 6.07) is 14.5. The summed E-state index contributed by atoms with van der Waals surface area (Å²) in [4.78, 5) is 18.2. The normalized spacial score (nSPS) is 11.2. The highest BCUT2D eigenvalue weighted by molar-refractivity contribution is 5.88. The number of fused-ring (bicyclic) bond motifs is 1. The summed E-state index contributed by atoms with van der Waals surface area (Å²) in [5.74, 6) is 0.192. The van der Waals surface area contributed by atoms with Gasteiger partial charge in [0, 0.05) is 10.9 Å². The van der Waals surface area contributed by atoms with Crippen LogP contribution in [0.15, 0.2) is 53.3 Å². The van der Waals surface area contributed by atoms with Crippen LogP contribution in [0.1, 0.15) is 11.3 Å². The number of aromatic amines is 1. The summed E-state index contributed by atoms with van der Waals surface area (Å²) in [6.45, 7) is 0. The average Bonchev–Trinajstić information content (AvgIpc) is 2.46. The van der Waals surface area contributed by atoms with E-state index in [0.29, 0.717) is 11.3 Å². The van der Waals surface area contributed by atoms with E-state index in [1.165, 1.54) is 0 Å². The molecule has 0 radical (unpaired) electrons. The Morgan fingerprint density at radius 3 is 2.60 bits per heavy atom. The summed E-state index contributed by atoms with van der Waals surface area (Å²) in [5, 5.41) is 10.6. The van der Waals surface area contributed by atoms with E-state index < -0.39 is 0 Å². The van der Waals surface area contributed by atoms with E-state index in [1.54, 1.807) is 30.4 Å². The third-order valence-electron chi connectivity index (χ3n) is 3.02. The number of rotatable bonds is 2. The van der Waals surface area contributed by atoms with Gasteiger partial charge in [0.25, 0.3) is 0 Å². The zero-order valence-corrected chi connectivity index (χ0v) is 10.6. The Balaban J connectivity index is 2.11. The van der Waals surface area contributed by atoms with Crippen molar-refractivity contribution in [3.05, 3.63) is 70.3 Å². The van der Waals surface area contributed by atoms with Crippen molar-refractivity contribution in [2.45, 2.75) is 0 Å².